The molecule has 202 valence electrons. The number of nitrogens with one attached hydrogen (secondary N) is 2. The third kappa shape index (κ3) is 4.65. The number of thiophene rings is 1. The molecule has 0 aliphatic carbocycles. The van der Waals surface area contributed by atoms with Crippen LogP contribution in [0.1, 0.15) is 29.3 Å². The van der Waals surface area contributed by atoms with E-state index in [0.29, 0.717) is 29.1 Å². The Morgan fingerprint density at radius 2 is 2.13 bits per heavy atom. The Hall–Kier alpha value is -2.74. The highest BCUT2D eigenvalue weighted by atomic mass is 32.2. The Balaban J connectivity index is 1.35. The van der Waals surface area contributed by atoms with Gasteiger partial charge in [0.2, 0.25) is 5.95 Å². The number of halogens is 3. The lowest BCUT2D eigenvalue weighted by molar-refractivity contribution is -0.137. The van der Waals surface area contributed by atoms with Gasteiger partial charge < -0.3 is 20.3 Å². The Kier molecular flexibility index (Phi) is 6.36. The molecule has 3 aliphatic heterocycles. The molecule has 2 aromatic heterocycles. The summed E-state index contributed by atoms with van der Waals surface area (Å²) in [6.07, 6.45) is -2.14. The van der Waals surface area contributed by atoms with E-state index in [9.17, 15) is 21.6 Å². The van der Waals surface area contributed by atoms with Gasteiger partial charge in [0.1, 0.15) is 5.56 Å². The van der Waals surface area contributed by atoms with Crippen molar-refractivity contribution in [3.8, 4) is 10.6 Å². The molecule has 2 saturated heterocycles. The van der Waals surface area contributed by atoms with Crippen LogP contribution < -0.4 is 15.5 Å². The van der Waals surface area contributed by atoms with E-state index in [-0.39, 0.29) is 40.4 Å². The lowest BCUT2D eigenvalue weighted by Gasteiger charge is -2.30. The van der Waals surface area contributed by atoms with Gasteiger partial charge in [-0.15, -0.1) is 11.3 Å². The van der Waals surface area contributed by atoms with Crippen LogP contribution in [0.25, 0.3) is 10.6 Å². The Bertz CT molecular complexity index is 1490. The number of fused-ring (bicyclic) bond motifs is 3. The van der Waals surface area contributed by atoms with Crippen LogP contribution in [-0.4, -0.2) is 55.9 Å². The number of benzene rings is 1. The highest BCUT2D eigenvalue weighted by molar-refractivity contribution is 7.91. The summed E-state index contributed by atoms with van der Waals surface area (Å²) >= 11 is 0.946. The summed E-state index contributed by atoms with van der Waals surface area (Å²) in [4.78, 5) is 11.1. The molecule has 0 unspecified atom stereocenters. The molecule has 2 N–H and O–H groups in total. The van der Waals surface area contributed by atoms with Gasteiger partial charge in [-0.05, 0) is 42.7 Å². The van der Waals surface area contributed by atoms with E-state index in [1.165, 1.54) is 6.07 Å². The minimum absolute atomic E-state index is 0.00239. The van der Waals surface area contributed by atoms with E-state index in [4.69, 9.17) is 4.74 Å². The average molecular weight is 566 g/mol. The summed E-state index contributed by atoms with van der Waals surface area (Å²) in [6.45, 7) is 4.01. The number of aryl methyl sites for hydroxylation is 1. The van der Waals surface area contributed by atoms with Crippen molar-refractivity contribution in [1.82, 2.24) is 15.3 Å². The number of ether oxygens (including phenoxy) is 1. The average Bonchev–Trinajstić information content (AvgIpc) is 3.61. The summed E-state index contributed by atoms with van der Waals surface area (Å²) in [5.74, 6) is -0.216. The number of hydrogen-bond acceptors (Lipinski definition) is 9. The van der Waals surface area contributed by atoms with Crippen molar-refractivity contribution < 1.29 is 26.3 Å². The van der Waals surface area contributed by atoms with Crippen molar-refractivity contribution in [3.63, 3.8) is 0 Å². The number of nitrogens with zero attached hydrogens (tertiary/aromatic N) is 3. The fraction of sp³-hybridized carbons (Fsp3) is 0.440. The second kappa shape index (κ2) is 9.47. The van der Waals surface area contributed by atoms with Gasteiger partial charge in [-0.3, -0.25) is 0 Å². The zero-order chi connectivity index (χ0) is 26.7. The minimum Gasteiger partial charge on any atom is -0.375 e. The van der Waals surface area contributed by atoms with Crippen molar-refractivity contribution in [3.05, 3.63) is 46.5 Å². The summed E-state index contributed by atoms with van der Waals surface area (Å²) in [7, 11) is -3.66. The smallest absolute Gasteiger partial charge is 0.375 e. The van der Waals surface area contributed by atoms with Gasteiger partial charge in [-0.1, -0.05) is 6.92 Å². The fourth-order valence-electron chi connectivity index (χ4n) is 5.34. The molecule has 13 heteroatoms. The predicted octanol–water partition coefficient (Wildman–Crippen LogP) is 4.38. The molecule has 38 heavy (non-hydrogen) atoms. The van der Waals surface area contributed by atoms with E-state index < -0.39 is 21.6 Å². The summed E-state index contributed by atoms with van der Waals surface area (Å²) < 4.78 is 72.3. The van der Waals surface area contributed by atoms with Crippen LogP contribution in [0, 0.1) is 0 Å². The Labute approximate surface area is 222 Å². The SMILES string of the molecule is CCc1cc(N2C[C@H]3C[C@@H]2CN3)ccc1Nc1ncc(C(F)(F)F)c(-c2cc3c(s2)COCCS3(=O)=O)n1. The summed E-state index contributed by atoms with van der Waals surface area (Å²) in [5, 5.41) is 6.59. The Morgan fingerprint density at radius 3 is 2.84 bits per heavy atom. The third-order valence-corrected chi connectivity index (χ3v) is 10.2. The highest BCUT2D eigenvalue weighted by Gasteiger charge is 2.38. The van der Waals surface area contributed by atoms with Gasteiger partial charge in [0.15, 0.2) is 9.84 Å². The van der Waals surface area contributed by atoms with E-state index in [1.54, 1.807) is 0 Å². The maximum Gasteiger partial charge on any atom is 0.420 e. The maximum atomic E-state index is 13.9. The molecule has 8 nitrogen and oxygen atoms in total. The van der Waals surface area contributed by atoms with Gasteiger partial charge in [-0.25, -0.2) is 18.4 Å². The molecule has 0 spiro atoms. The van der Waals surface area contributed by atoms with Crippen molar-refractivity contribution in [1.29, 1.82) is 0 Å². The van der Waals surface area contributed by atoms with E-state index in [2.05, 4.69) is 31.6 Å². The number of alkyl halides is 3. The molecule has 2 fully saturated rings. The monoisotopic (exact) mass is 565 g/mol. The first-order valence-electron chi connectivity index (χ1n) is 12.4. The standard InChI is InChI=1S/C25H26F3N5O3S2/c1-2-14-7-16(33-12-15-8-17(33)10-29-15)3-4-19(14)31-24-30-11-18(25(26,27)28)23(32-24)20-9-22-21(37-20)13-36-5-6-38(22,34)35/h3-4,7,9,11,15,17,29H,2,5-6,8,10,12-13H2,1H3,(H,30,31,32)/t15-,17-/m1/s1. The zero-order valence-corrected chi connectivity index (χ0v) is 22.1. The second-order valence-corrected chi connectivity index (χ2v) is 12.9. The minimum atomic E-state index is -4.72. The van der Waals surface area contributed by atoms with Crippen LogP contribution in [0.3, 0.4) is 0 Å². The number of anilines is 3. The van der Waals surface area contributed by atoms with Gasteiger partial charge in [-0.2, -0.15) is 13.2 Å². The maximum absolute atomic E-state index is 13.9. The van der Waals surface area contributed by atoms with Gasteiger partial charge in [0.25, 0.3) is 0 Å². The Morgan fingerprint density at radius 1 is 1.29 bits per heavy atom. The zero-order valence-electron chi connectivity index (χ0n) is 20.5. The van der Waals surface area contributed by atoms with Gasteiger partial charge in [0.05, 0.1) is 34.4 Å². The molecule has 2 bridgehead atoms. The lowest BCUT2D eigenvalue weighted by Crippen LogP contribution is -2.43. The van der Waals surface area contributed by atoms with E-state index >= 15 is 0 Å². The lowest BCUT2D eigenvalue weighted by atomic mass is 10.1. The topological polar surface area (TPSA) is 96.5 Å². The molecular weight excluding hydrogens is 539 g/mol. The highest BCUT2D eigenvalue weighted by Crippen LogP contribution is 2.42. The first-order chi connectivity index (χ1) is 18.1. The number of piperazine rings is 1. The normalized spacial score (nSPS) is 22.4. The van der Waals surface area contributed by atoms with Crippen LogP contribution in [0.5, 0.6) is 0 Å². The van der Waals surface area contributed by atoms with Crippen molar-refractivity contribution in [2.24, 2.45) is 0 Å². The predicted molar refractivity (Wildman–Crippen MR) is 139 cm³/mol. The van der Waals surface area contributed by atoms with E-state index in [0.717, 1.165) is 48.3 Å². The quantitative estimate of drug-likeness (QED) is 0.471. The number of aromatic nitrogens is 2. The number of hydrogen-bond donors (Lipinski definition) is 2. The van der Waals surface area contributed by atoms with Crippen molar-refractivity contribution in [2.45, 2.75) is 49.5 Å². The first kappa shape index (κ1) is 25.5. The van der Waals surface area contributed by atoms with Crippen LogP contribution in [-0.2, 0) is 33.8 Å². The first-order valence-corrected chi connectivity index (χ1v) is 14.9. The molecule has 2 atom stereocenters. The molecule has 0 radical (unpaired) electrons. The molecule has 5 heterocycles. The van der Waals surface area contributed by atoms with Crippen LogP contribution in [0.15, 0.2) is 35.4 Å². The third-order valence-electron chi connectivity index (χ3n) is 7.27. The molecule has 3 aliphatic rings. The molecule has 0 saturated carbocycles. The number of sulfone groups is 1. The molecular formula is C25H26F3N5O3S2. The molecule has 1 aromatic carbocycles. The fourth-order valence-corrected chi connectivity index (χ4v) is 8.18. The van der Waals surface area contributed by atoms with Crippen LogP contribution >= 0.6 is 11.3 Å². The summed E-state index contributed by atoms with van der Waals surface area (Å²) in [6, 6.07) is 8.28. The van der Waals surface area contributed by atoms with Crippen molar-refractivity contribution in [2.75, 3.05) is 35.7 Å². The van der Waals surface area contributed by atoms with Crippen molar-refractivity contribution >= 4 is 38.5 Å². The van der Waals surface area contributed by atoms with Crippen LogP contribution in [0.4, 0.5) is 30.5 Å². The number of rotatable bonds is 5. The molecule has 0 amide bonds. The second-order valence-electron chi connectivity index (χ2n) is 9.69. The molecule has 6 rings (SSSR count). The largest absolute Gasteiger partial charge is 0.420 e. The van der Waals surface area contributed by atoms with Gasteiger partial charge in [0, 0.05) is 47.6 Å². The van der Waals surface area contributed by atoms with E-state index in [1.807, 2.05) is 19.1 Å². The van der Waals surface area contributed by atoms with Gasteiger partial charge >= 0.3 is 6.18 Å². The summed E-state index contributed by atoms with van der Waals surface area (Å²) in [5.41, 5.74) is 1.44. The van der Waals surface area contributed by atoms with Crippen LogP contribution in [0.2, 0.25) is 0 Å². The molecule has 3 aromatic rings.